The third-order valence-corrected chi connectivity index (χ3v) is 4.60. The summed E-state index contributed by atoms with van der Waals surface area (Å²) in [6.45, 7) is 0. The summed E-state index contributed by atoms with van der Waals surface area (Å²) in [7, 11) is -4.81. The zero-order valence-electron chi connectivity index (χ0n) is 9.76. The van der Waals surface area contributed by atoms with Gasteiger partial charge in [0.25, 0.3) is 0 Å². The first-order chi connectivity index (χ1) is 8.29. The van der Waals surface area contributed by atoms with E-state index in [1.807, 2.05) is 0 Å². The molecule has 0 aromatic heterocycles. The van der Waals surface area contributed by atoms with Crippen molar-refractivity contribution in [1.82, 2.24) is 0 Å². The Labute approximate surface area is 108 Å². The normalized spacial score (nSPS) is 13.2. The Kier molecular flexibility index (Phi) is 5.15. The van der Waals surface area contributed by atoms with Crippen molar-refractivity contribution in [3.8, 4) is 0 Å². The van der Waals surface area contributed by atoms with Crippen LogP contribution < -0.4 is 0 Å². The van der Waals surface area contributed by atoms with Gasteiger partial charge in [0.2, 0.25) is 0 Å². The summed E-state index contributed by atoms with van der Waals surface area (Å²) in [6.07, 6.45) is 1.03. The predicted molar refractivity (Wildman–Crippen MR) is 68.3 cm³/mol. The molecule has 0 fully saturated rings. The highest BCUT2D eigenvalue weighted by molar-refractivity contribution is 7.92. The van der Waals surface area contributed by atoms with Crippen molar-refractivity contribution in [1.29, 1.82) is 0 Å². The van der Waals surface area contributed by atoms with Crippen molar-refractivity contribution in [2.75, 3.05) is 23.5 Å². The quantitative estimate of drug-likeness (QED) is 0.727. The molecule has 0 aliphatic heterocycles. The van der Waals surface area contributed by atoms with E-state index in [2.05, 4.69) is 0 Å². The van der Waals surface area contributed by atoms with Gasteiger partial charge in [-0.25, -0.2) is 12.8 Å². The summed E-state index contributed by atoms with van der Waals surface area (Å²) in [5, 5.41) is 0. The zero-order valence-corrected chi connectivity index (χ0v) is 11.4. The second-order valence-electron chi connectivity index (χ2n) is 3.82. The van der Waals surface area contributed by atoms with Gasteiger partial charge in [-0.15, -0.1) is 0 Å². The number of Topliss-reactive ketones (excluding diaryl/α,β-unsaturated/α-hetero) is 1. The van der Waals surface area contributed by atoms with Crippen molar-refractivity contribution >= 4 is 26.4 Å². The molecular weight excluding hydrogens is 279 g/mol. The monoisotopic (exact) mass is 292 g/mol. The van der Waals surface area contributed by atoms with Crippen LogP contribution in [-0.2, 0) is 20.6 Å². The molecule has 0 saturated carbocycles. The number of carbonyl (C=O) groups is 1. The molecule has 0 amide bonds. The number of hydrogen-bond acceptors (Lipinski definition) is 4. The molecule has 7 heteroatoms. The van der Waals surface area contributed by atoms with Crippen LogP contribution in [0.5, 0.6) is 0 Å². The minimum Gasteiger partial charge on any atom is -0.293 e. The third-order valence-electron chi connectivity index (χ3n) is 2.15. The molecule has 0 N–H and O–H groups in total. The highest BCUT2D eigenvalue weighted by Crippen LogP contribution is 2.08. The van der Waals surface area contributed by atoms with E-state index in [0.717, 1.165) is 12.3 Å². The molecule has 1 aromatic rings. The van der Waals surface area contributed by atoms with Gasteiger partial charge in [0.05, 0.1) is 17.1 Å². The Morgan fingerprint density at radius 1 is 1.33 bits per heavy atom. The molecule has 0 spiro atoms. The fourth-order valence-electron chi connectivity index (χ4n) is 1.23. The standard InChI is InChI=1S/C11H13FO4S2/c1-18(15,16)7-6-17(14)8-11(13)9-4-2-3-5-10(9)12/h2-5H,6-8H2,1H3. The lowest BCUT2D eigenvalue weighted by Gasteiger charge is -2.02. The van der Waals surface area contributed by atoms with Gasteiger partial charge in [-0.05, 0) is 12.1 Å². The van der Waals surface area contributed by atoms with E-state index in [9.17, 15) is 21.8 Å². The fourth-order valence-corrected chi connectivity index (χ4v) is 3.77. The second-order valence-corrected chi connectivity index (χ2v) is 7.66. The maximum atomic E-state index is 13.2. The average molecular weight is 292 g/mol. The molecule has 0 aliphatic rings. The molecular formula is C11H13FO4S2. The minimum absolute atomic E-state index is 0.112. The molecule has 100 valence electrons. The lowest BCUT2D eigenvalue weighted by Crippen LogP contribution is -2.19. The summed E-state index contributed by atoms with van der Waals surface area (Å²) in [5.41, 5.74) is -0.120. The van der Waals surface area contributed by atoms with Gasteiger partial charge in [0, 0.05) is 22.8 Å². The van der Waals surface area contributed by atoms with E-state index < -0.39 is 32.2 Å². The first-order valence-electron chi connectivity index (χ1n) is 5.10. The Morgan fingerprint density at radius 2 is 1.94 bits per heavy atom. The average Bonchev–Trinajstić information content (AvgIpc) is 2.26. The number of rotatable bonds is 6. The zero-order chi connectivity index (χ0) is 13.8. The Balaban J connectivity index is 2.61. The van der Waals surface area contributed by atoms with Gasteiger partial charge in [0.1, 0.15) is 15.7 Å². The summed E-state index contributed by atoms with van der Waals surface area (Å²) >= 11 is 0. The van der Waals surface area contributed by atoms with Crippen molar-refractivity contribution < 1.29 is 21.8 Å². The number of hydrogen-bond donors (Lipinski definition) is 0. The van der Waals surface area contributed by atoms with Gasteiger partial charge in [0.15, 0.2) is 5.78 Å². The molecule has 0 heterocycles. The molecule has 1 aromatic carbocycles. The van der Waals surface area contributed by atoms with E-state index in [0.29, 0.717) is 0 Å². The van der Waals surface area contributed by atoms with Crippen LogP contribution in [0.1, 0.15) is 10.4 Å². The van der Waals surface area contributed by atoms with Gasteiger partial charge in [-0.2, -0.15) is 0 Å². The molecule has 18 heavy (non-hydrogen) atoms. The molecule has 1 unspecified atom stereocenters. The van der Waals surface area contributed by atoms with Gasteiger partial charge in [-0.3, -0.25) is 9.00 Å². The predicted octanol–water partition coefficient (Wildman–Crippen LogP) is 0.802. The summed E-state index contributed by atoms with van der Waals surface area (Å²) in [4.78, 5) is 11.6. The second kappa shape index (κ2) is 6.19. The van der Waals surface area contributed by atoms with Crippen LogP contribution in [0.2, 0.25) is 0 Å². The highest BCUT2D eigenvalue weighted by atomic mass is 32.2. The number of carbonyl (C=O) groups excluding carboxylic acids is 1. The summed E-state index contributed by atoms with van der Waals surface area (Å²) in [5.74, 6) is -1.97. The smallest absolute Gasteiger partial charge is 0.178 e. The van der Waals surface area contributed by atoms with Crippen LogP contribution >= 0.6 is 0 Å². The van der Waals surface area contributed by atoms with Gasteiger partial charge >= 0.3 is 0 Å². The topological polar surface area (TPSA) is 68.3 Å². The minimum atomic E-state index is -3.21. The first-order valence-corrected chi connectivity index (χ1v) is 8.65. The number of sulfone groups is 1. The van der Waals surface area contributed by atoms with E-state index in [1.165, 1.54) is 18.2 Å². The highest BCUT2D eigenvalue weighted by Gasteiger charge is 2.15. The van der Waals surface area contributed by atoms with Crippen LogP contribution in [0, 0.1) is 5.82 Å². The van der Waals surface area contributed by atoms with Crippen LogP contribution in [-0.4, -0.2) is 41.9 Å². The largest absolute Gasteiger partial charge is 0.293 e. The number of ketones is 1. The molecule has 1 rings (SSSR count). The van der Waals surface area contributed by atoms with Crippen LogP contribution in [0.3, 0.4) is 0 Å². The van der Waals surface area contributed by atoms with Crippen LogP contribution in [0.4, 0.5) is 4.39 Å². The van der Waals surface area contributed by atoms with Crippen molar-refractivity contribution in [2.24, 2.45) is 0 Å². The molecule has 4 nitrogen and oxygen atoms in total. The number of benzene rings is 1. The summed E-state index contributed by atoms with van der Waals surface area (Å²) < 4.78 is 46.5. The van der Waals surface area contributed by atoms with Crippen molar-refractivity contribution in [3.05, 3.63) is 35.6 Å². The fraction of sp³-hybridized carbons (Fsp3) is 0.364. The Bertz CT molecular complexity index is 566. The van der Waals surface area contributed by atoms with E-state index in [1.54, 1.807) is 0 Å². The molecule has 0 saturated heterocycles. The molecule has 0 radical (unpaired) electrons. The maximum Gasteiger partial charge on any atom is 0.178 e. The molecule has 0 bridgehead atoms. The molecule has 1 atom stereocenters. The lowest BCUT2D eigenvalue weighted by molar-refractivity contribution is 0.101. The van der Waals surface area contributed by atoms with E-state index in [-0.39, 0.29) is 22.8 Å². The van der Waals surface area contributed by atoms with E-state index >= 15 is 0 Å². The van der Waals surface area contributed by atoms with Gasteiger partial charge < -0.3 is 0 Å². The maximum absolute atomic E-state index is 13.2. The molecule has 0 aliphatic carbocycles. The number of halogens is 1. The van der Waals surface area contributed by atoms with Crippen molar-refractivity contribution in [3.63, 3.8) is 0 Å². The van der Waals surface area contributed by atoms with E-state index in [4.69, 9.17) is 0 Å². The third kappa shape index (κ3) is 5.05. The van der Waals surface area contributed by atoms with Crippen LogP contribution in [0.25, 0.3) is 0 Å². The Hall–Kier alpha value is -1.08. The first kappa shape index (κ1) is 15.0. The Morgan fingerprint density at radius 3 is 2.50 bits per heavy atom. The van der Waals surface area contributed by atoms with Crippen molar-refractivity contribution in [2.45, 2.75) is 0 Å². The SMILES string of the molecule is CS(=O)(=O)CCS(=O)CC(=O)c1ccccc1F. The lowest BCUT2D eigenvalue weighted by atomic mass is 10.1. The summed E-state index contributed by atoms with van der Waals surface area (Å²) in [6, 6.07) is 5.42. The van der Waals surface area contributed by atoms with Crippen LogP contribution in [0.15, 0.2) is 24.3 Å². The van der Waals surface area contributed by atoms with Gasteiger partial charge in [-0.1, -0.05) is 12.1 Å².